The molecule has 2 heterocycles. The Morgan fingerprint density at radius 3 is 3.00 bits per heavy atom. The fourth-order valence-corrected chi connectivity index (χ4v) is 2.52. The first kappa shape index (κ1) is 16.5. The molecule has 0 fully saturated rings. The van der Waals surface area contributed by atoms with Gasteiger partial charge in [0.05, 0.1) is 5.75 Å². The number of aromatic nitrogens is 4. The second kappa shape index (κ2) is 9.19. The number of pyridine rings is 1. The van der Waals surface area contributed by atoms with E-state index in [9.17, 15) is 4.79 Å². The number of carbonyl (C=O) groups is 1. The van der Waals surface area contributed by atoms with Crippen LogP contribution in [0.5, 0.6) is 0 Å². The summed E-state index contributed by atoms with van der Waals surface area (Å²) in [6.45, 7) is 2.91. The Balaban J connectivity index is 1.71. The summed E-state index contributed by atoms with van der Waals surface area (Å²) in [6.07, 6.45) is 6.33. The van der Waals surface area contributed by atoms with E-state index >= 15 is 0 Å². The topological polar surface area (TPSA) is 83.6 Å². The van der Waals surface area contributed by atoms with Crippen molar-refractivity contribution in [2.75, 3.05) is 12.3 Å². The highest BCUT2D eigenvalue weighted by Crippen LogP contribution is 2.16. The highest BCUT2D eigenvalue weighted by molar-refractivity contribution is 7.99. The highest BCUT2D eigenvalue weighted by atomic mass is 32.2. The number of unbranched alkanes of at least 4 members (excludes halogenated alkanes) is 3. The minimum atomic E-state index is 0.0192. The number of hydrogen-bond donors (Lipinski definition) is 2. The third-order valence-corrected chi connectivity index (χ3v) is 3.90. The van der Waals surface area contributed by atoms with Crippen LogP contribution in [0.25, 0.3) is 11.5 Å². The first-order chi connectivity index (χ1) is 10.8. The predicted molar refractivity (Wildman–Crippen MR) is 87.5 cm³/mol. The summed E-state index contributed by atoms with van der Waals surface area (Å²) >= 11 is 1.32. The molecule has 2 aromatic rings. The lowest BCUT2D eigenvalue weighted by Gasteiger charge is -2.03. The monoisotopic (exact) mass is 319 g/mol. The Morgan fingerprint density at radius 1 is 1.32 bits per heavy atom. The Kier molecular flexibility index (Phi) is 6.89. The lowest BCUT2D eigenvalue weighted by molar-refractivity contribution is -0.118. The molecule has 2 aromatic heterocycles. The van der Waals surface area contributed by atoms with E-state index in [2.05, 4.69) is 32.4 Å². The van der Waals surface area contributed by atoms with Gasteiger partial charge in [0.1, 0.15) is 5.69 Å². The van der Waals surface area contributed by atoms with Crippen molar-refractivity contribution < 1.29 is 4.79 Å². The summed E-state index contributed by atoms with van der Waals surface area (Å²) in [5, 5.41) is 10.4. The van der Waals surface area contributed by atoms with Gasteiger partial charge >= 0.3 is 0 Å². The van der Waals surface area contributed by atoms with Crippen molar-refractivity contribution in [1.29, 1.82) is 0 Å². The maximum absolute atomic E-state index is 11.7. The summed E-state index contributed by atoms with van der Waals surface area (Å²) in [5.41, 5.74) is 0.738. The fraction of sp³-hybridized carbons (Fsp3) is 0.467. The molecule has 0 saturated carbocycles. The van der Waals surface area contributed by atoms with Gasteiger partial charge in [-0.15, -0.1) is 5.10 Å². The predicted octanol–water partition coefficient (Wildman–Crippen LogP) is 2.66. The summed E-state index contributed by atoms with van der Waals surface area (Å²) in [4.78, 5) is 20.2. The maximum atomic E-state index is 11.7. The van der Waals surface area contributed by atoms with Crippen LogP contribution in [0.3, 0.4) is 0 Å². The molecule has 0 unspecified atom stereocenters. The van der Waals surface area contributed by atoms with Gasteiger partial charge in [0, 0.05) is 12.7 Å². The SMILES string of the molecule is CCCCCCNC(=O)CSc1n[nH]c(-c2ccccn2)n1. The van der Waals surface area contributed by atoms with Crippen LogP contribution in [0.4, 0.5) is 0 Å². The Bertz CT molecular complexity index is 572. The van der Waals surface area contributed by atoms with Crippen molar-refractivity contribution in [2.24, 2.45) is 0 Å². The number of rotatable bonds is 9. The molecule has 0 atom stereocenters. The van der Waals surface area contributed by atoms with E-state index in [1.54, 1.807) is 6.20 Å². The summed E-state index contributed by atoms with van der Waals surface area (Å²) in [6, 6.07) is 5.60. The van der Waals surface area contributed by atoms with E-state index in [0.717, 1.165) is 25.1 Å². The van der Waals surface area contributed by atoms with Crippen molar-refractivity contribution in [2.45, 2.75) is 37.8 Å². The van der Waals surface area contributed by atoms with Gasteiger partial charge in [-0.1, -0.05) is 44.0 Å². The highest BCUT2D eigenvalue weighted by Gasteiger charge is 2.09. The number of nitrogens with one attached hydrogen (secondary N) is 2. The molecule has 1 amide bonds. The first-order valence-electron chi connectivity index (χ1n) is 7.53. The van der Waals surface area contributed by atoms with Crippen LogP contribution in [0.2, 0.25) is 0 Å². The van der Waals surface area contributed by atoms with E-state index in [1.165, 1.54) is 24.6 Å². The number of carbonyl (C=O) groups excluding carboxylic acids is 1. The summed E-state index contributed by atoms with van der Waals surface area (Å²) < 4.78 is 0. The Hall–Kier alpha value is -1.89. The van der Waals surface area contributed by atoms with Crippen molar-refractivity contribution in [3.8, 4) is 11.5 Å². The van der Waals surface area contributed by atoms with Gasteiger partial charge in [-0.05, 0) is 18.6 Å². The number of H-pyrrole nitrogens is 1. The molecule has 2 N–H and O–H groups in total. The zero-order valence-corrected chi connectivity index (χ0v) is 13.5. The number of aromatic amines is 1. The first-order valence-corrected chi connectivity index (χ1v) is 8.51. The van der Waals surface area contributed by atoms with Crippen LogP contribution in [0, 0.1) is 0 Å². The van der Waals surface area contributed by atoms with Gasteiger partial charge in [0.2, 0.25) is 11.1 Å². The van der Waals surface area contributed by atoms with Crippen LogP contribution in [-0.2, 0) is 4.79 Å². The van der Waals surface area contributed by atoms with E-state index in [-0.39, 0.29) is 5.91 Å². The van der Waals surface area contributed by atoms with Crippen molar-refractivity contribution in [1.82, 2.24) is 25.5 Å². The molecule has 22 heavy (non-hydrogen) atoms. The minimum absolute atomic E-state index is 0.0192. The third-order valence-electron chi connectivity index (χ3n) is 3.06. The van der Waals surface area contributed by atoms with Gasteiger partial charge in [-0.25, -0.2) is 0 Å². The summed E-state index contributed by atoms with van der Waals surface area (Å²) in [7, 11) is 0. The molecular weight excluding hydrogens is 298 g/mol. The molecule has 0 radical (unpaired) electrons. The molecule has 0 saturated heterocycles. The van der Waals surface area contributed by atoms with Crippen LogP contribution < -0.4 is 5.32 Å². The fourth-order valence-electron chi connectivity index (χ4n) is 1.89. The maximum Gasteiger partial charge on any atom is 0.230 e. The second-order valence-electron chi connectivity index (χ2n) is 4.88. The molecule has 0 aliphatic heterocycles. The molecule has 6 nitrogen and oxygen atoms in total. The van der Waals surface area contributed by atoms with Gasteiger partial charge < -0.3 is 5.32 Å². The molecule has 0 spiro atoms. The molecule has 0 aliphatic carbocycles. The zero-order chi connectivity index (χ0) is 15.6. The van der Waals surface area contributed by atoms with E-state index < -0.39 is 0 Å². The van der Waals surface area contributed by atoms with Crippen LogP contribution in [0.1, 0.15) is 32.6 Å². The number of hydrogen-bond acceptors (Lipinski definition) is 5. The molecule has 118 valence electrons. The van der Waals surface area contributed by atoms with Gasteiger partial charge in [-0.3, -0.25) is 14.9 Å². The van der Waals surface area contributed by atoms with Crippen LogP contribution >= 0.6 is 11.8 Å². The van der Waals surface area contributed by atoms with E-state index in [0.29, 0.717) is 16.7 Å². The lowest BCUT2D eigenvalue weighted by atomic mass is 10.2. The molecule has 7 heteroatoms. The normalized spacial score (nSPS) is 10.6. The molecule has 0 aliphatic rings. The van der Waals surface area contributed by atoms with Crippen LogP contribution in [0.15, 0.2) is 29.6 Å². The number of thioether (sulfide) groups is 1. The minimum Gasteiger partial charge on any atom is -0.355 e. The third kappa shape index (κ3) is 5.48. The van der Waals surface area contributed by atoms with Gasteiger partial charge in [0.25, 0.3) is 0 Å². The van der Waals surface area contributed by atoms with Crippen molar-refractivity contribution in [3.63, 3.8) is 0 Å². The average Bonchev–Trinajstić information content (AvgIpc) is 3.02. The summed E-state index contributed by atoms with van der Waals surface area (Å²) in [5.74, 6) is 0.960. The Labute approximate surface area is 134 Å². The molecular formula is C15H21N5OS. The van der Waals surface area contributed by atoms with E-state index in [4.69, 9.17) is 0 Å². The number of nitrogens with zero attached hydrogens (tertiary/aromatic N) is 3. The lowest BCUT2D eigenvalue weighted by Crippen LogP contribution is -2.26. The molecule has 0 aromatic carbocycles. The Morgan fingerprint density at radius 2 is 2.23 bits per heavy atom. The number of amides is 1. The van der Waals surface area contributed by atoms with Crippen molar-refractivity contribution >= 4 is 17.7 Å². The smallest absolute Gasteiger partial charge is 0.230 e. The van der Waals surface area contributed by atoms with Gasteiger partial charge in [-0.2, -0.15) is 4.98 Å². The van der Waals surface area contributed by atoms with E-state index in [1.807, 2.05) is 18.2 Å². The van der Waals surface area contributed by atoms with Gasteiger partial charge in [0.15, 0.2) is 5.82 Å². The molecule has 0 bridgehead atoms. The van der Waals surface area contributed by atoms with Crippen molar-refractivity contribution in [3.05, 3.63) is 24.4 Å². The quantitative estimate of drug-likeness (QED) is 0.548. The average molecular weight is 319 g/mol. The largest absolute Gasteiger partial charge is 0.355 e. The zero-order valence-electron chi connectivity index (χ0n) is 12.7. The standard InChI is InChI=1S/C15H21N5OS/c1-2-3-4-6-10-17-13(21)11-22-15-18-14(19-20-15)12-8-5-7-9-16-12/h5,7-9H,2-4,6,10-11H2,1H3,(H,17,21)(H,18,19,20). The molecule has 2 rings (SSSR count). The second-order valence-corrected chi connectivity index (χ2v) is 5.82. The van der Waals surface area contributed by atoms with Crippen LogP contribution in [-0.4, -0.2) is 38.4 Å².